The van der Waals surface area contributed by atoms with E-state index in [0.29, 0.717) is 5.56 Å². The molecule has 2 aromatic carbocycles. The second-order valence-corrected chi connectivity index (χ2v) is 6.80. The Morgan fingerprint density at radius 1 is 1.11 bits per heavy atom. The molecule has 0 saturated heterocycles. The number of benzene rings is 2. The number of aromatic hydroxyl groups is 1. The molecular formula is C19H16Cl3NO5. The van der Waals surface area contributed by atoms with Crippen LogP contribution in [0.5, 0.6) is 11.5 Å². The highest BCUT2D eigenvalue weighted by Gasteiger charge is 2.18. The summed E-state index contributed by atoms with van der Waals surface area (Å²) in [5.74, 6) is -1.07. The number of hydrogen-bond acceptors (Lipinski definition) is 5. The maximum absolute atomic E-state index is 12.2. The number of hydrogen-bond donors (Lipinski definition) is 2. The second kappa shape index (κ2) is 9.68. The van der Waals surface area contributed by atoms with Crippen LogP contribution in [0.15, 0.2) is 36.4 Å². The number of halogens is 3. The molecule has 1 amide bonds. The monoisotopic (exact) mass is 443 g/mol. The lowest BCUT2D eigenvalue weighted by Gasteiger charge is -2.14. The van der Waals surface area contributed by atoms with Gasteiger partial charge in [-0.1, -0.05) is 40.9 Å². The fourth-order valence-electron chi connectivity index (χ4n) is 2.08. The quantitative estimate of drug-likeness (QED) is 0.374. The molecule has 6 nitrogen and oxygen atoms in total. The molecule has 0 radical (unpaired) electrons. The van der Waals surface area contributed by atoms with E-state index in [-0.39, 0.29) is 32.3 Å². The minimum atomic E-state index is -1.09. The van der Waals surface area contributed by atoms with E-state index in [9.17, 15) is 14.7 Å². The molecule has 2 N–H and O–H groups in total. The van der Waals surface area contributed by atoms with Gasteiger partial charge in [-0.2, -0.15) is 0 Å². The van der Waals surface area contributed by atoms with Crippen LogP contribution in [-0.2, 0) is 14.3 Å². The van der Waals surface area contributed by atoms with Crippen LogP contribution in [0, 0.1) is 0 Å². The van der Waals surface area contributed by atoms with E-state index in [1.807, 2.05) is 0 Å². The number of ether oxygens (including phenoxy) is 2. The summed E-state index contributed by atoms with van der Waals surface area (Å²) in [6, 6.07) is 7.36. The first kappa shape index (κ1) is 21.9. The summed E-state index contributed by atoms with van der Waals surface area (Å²) in [6.45, 7) is 1.41. The highest BCUT2D eigenvalue weighted by Crippen LogP contribution is 2.32. The lowest BCUT2D eigenvalue weighted by Crippen LogP contribution is -2.29. The number of carbonyl (C=O) groups excluding carboxylic acids is 2. The molecule has 0 aliphatic rings. The van der Waals surface area contributed by atoms with Crippen molar-refractivity contribution < 1.29 is 24.2 Å². The Balaban J connectivity index is 1.98. The number of amides is 1. The zero-order valence-corrected chi connectivity index (χ0v) is 17.1. The highest BCUT2D eigenvalue weighted by atomic mass is 35.5. The summed E-state index contributed by atoms with van der Waals surface area (Å²) in [6.07, 6.45) is 1.53. The molecule has 28 heavy (non-hydrogen) atoms. The van der Waals surface area contributed by atoms with Gasteiger partial charge in [-0.15, -0.1) is 0 Å². The number of carbonyl (C=O) groups is 2. The smallest absolute Gasteiger partial charge is 0.331 e. The van der Waals surface area contributed by atoms with E-state index in [1.54, 1.807) is 12.1 Å². The third kappa shape index (κ3) is 5.79. The average Bonchev–Trinajstić information content (AvgIpc) is 2.65. The summed E-state index contributed by atoms with van der Waals surface area (Å²) < 4.78 is 10.0. The van der Waals surface area contributed by atoms with Crippen molar-refractivity contribution in [2.45, 2.75) is 13.0 Å². The SMILES string of the molecule is COc1cc(C=CC(=O)OC(C)C(=O)Nc2cc(Cl)c(Cl)cc2Cl)ccc1O. The van der Waals surface area contributed by atoms with Crippen LogP contribution in [0.2, 0.25) is 15.1 Å². The summed E-state index contributed by atoms with van der Waals surface area (Å²) in [7, 11) is 1.41. The van der Waals surface area contributed by atoms with Crippen LogP contribution in [0.1, 0.15) is 12.5 Å². The van der Waals surface area contributed by atoms with Crippen molar-refractivity contribution in [1.29, 1.82) is 0 Å². The fraction of sp³-hybridized carbons (Fsp3) is 0.158. The lowest BCUT2D eigenvalue weighted by atomic mass is 10.2. The first-order valence-corrected chi connectivity index (χ1v) is 9.05. The van der Waals surface area contributed by atoms with Gasteiger partial charge in [0.25, 0.3) is 5.91 Å². The molecule has 2 rings (SSSR count). The van der Waals surface area contributed by atoms with E-state index in [1.165, 1.54) is 38.3 Å². The average molecular weight is 445 g/mol. The van der Waals surface area contributed by atoms with Gasteiger partial charge in [0, 0.05) is 6.08 Å². The molecule has 0 aliphatic carbocycles. The van der Waals surface area contributed by atoms with Gasteiger partial charge < -0.3 is 19.9 Å². The Morgan fingerprint density at radius 3 is 2.46 bits per heavy atom. The zero-order chi connectivity index (χ0) is 20.8. The summed E-state index contributed by atoms with van der Waals surface area (Å²) in [5.41, 5.74) is 0.849. The van der Waals surface area contributed by atoms with Gasteiger partial charge >= 0.3 is 5.97 Å². The Morgan fingerprint density at radius 2 is 1.79 bits per heavy atom. The number of phenolic OH excluding ortho intramolecular Hbond substituents is 1. The maximum Gasteiger partial charge on any atom is 0.331 e. The molecule has 1 unspecified atom stereocenters. The Kier molecular flexibility index (Phi) is 7.57. The Hall–Kier alpha value is -2.41. The molecule has 0 aromatic heterocycles. The molecule has 9 heteroatoms. The van der Waals surface area contributed by atoms with E-state index in [2.05, 4.69) is 5.32 Å². The van der Waals surface area contributed by atoms with E-state index in [4.69, 9.17) is 44.3 Å². The van der Waals surface area contributed by atoms with E-state index < -0.39 is 18.0 Å². The molecule has 148 valence electrons. The molecule has 2 aromatic rings. The first-order chi connectivity index (χ1) is 13.2. The lowest BCUT2D eigenvalue weighted by molar-refractivity contribution is -0.148. The second-order valence-electron chi connectivity index (χ2n) is 5.58. The minimum absolute atomic E-state index is 0.0199. The van der Waals surface area contributed by atoms with Crippen molar-refractivity contribution in [2.75, 3.05) is 12.4 Å². The van der Waals surface area contributed by atoms with Crippen molar-refractivity contribution in [3.8, 4) is 11.5 Å². The van der Waals surface area contributed by atoms with Crippen molar-refractivity contribution in [3.63, 3.8) is 0 Å². The predicted octanol–water partition coefficient (Wildman–Crippen LogP) is 4.94. The number of methoxy groups -OCH3 is 1. The van der Waals surface area contributed by atoms with Gasteiger partial charge in [-0.3, -0.25) is 4.79 Å². The minimum Gasteiger partial charge on any atom is -0.504 e. The van der Waals surface area contributed by atoms with Crippen molar-refractivity contribution >= 4 is 58.4 Å². The maximum atomic E-state index is 12.2. The largest absolute Gasteiger partial charge is 0.504 e. The molecule has 0 bridgehead atoms. The summed E-state index contributed by atoms with van der Waals surface area (Å²) in [4.78, 5) is 24.1. The van der Waals surface area contributed by atoms with Gasteiger partial charge in [-0.25, -0.2) is 4.79 Å². The first-order valence-electron chi connectivity index (χ1n) is 7.92. The summed E-state index contributed by atoms with van der Waals surface area (Å²) >= 11 is 17.7. The number of rotatable bonds is 6. The van der Waals surface area contributed by atoms with Gasteiger partial charge in [0.1, 0.15) is 0 Å². The van der Waals surface area contributed by atoms with Crippen molar-refractivity contribution in [2.24, 2.45) is 0 Å². The van der Waals surface area contributed by atoms with Crippen molar-refractivity contribution in [1.82, 2.24) is 0 Å². The molecule has 0 heterocycles. The zero-order valence-electron chi connectivity index (χ0n) is 14.8. The summed E-state index contributed by atoms with van der Waals surface area (Å²) in [5, 5.41) is 12.7. The van der Waals surface area contributed by atoms with Gasteiger partial charge in [-0.05, 0) is 42.8 Å². The number of nitrogens with one attached hydrogen (secondary N) is 1. The van der Waals surface area contributed by atoms with Gasteiger partial charge in [0.15, 0.2) is 17.6 Å². The fourth-order valence-corrected chi connectivity index (χ4v) is 2.68. The predicted molar refractivity (Wildman–Crippen MR) is 109 cm³/mol. The Labute approximate surface area is 176 Å². The van der Waals surface area contributed by atoms with Gasteiger partial charge in [0.2, 0.25) is 0 Å². The topological polar surface area (TPSA) is 84.9 Å². The van der Waals surface area contributed by atoms with Gasteiger partial charge in [0.05, 0.1) is 27.9 Å². The third-order valence-electron chi connectivity index (χ3n) is 3.55. The van der Waals surface area contributed by atoms with Crippen LogP contribution >= 0.6 is 34.8 Å². The number of anilines is 1. The number of esters is 1. The molecule has 0 fully saturated rings. The molecule has 0 saturated carbocycles. The van der Waals surface area contributed by atoms with E-state index >= 15 is 0 Å². The van der Waals surface area contributed by atoms with Crippen LogP contribution in [-0.4, -0.2) is 30.2 Å². The molecular weight excluding hydrogens is 429 g/mol. The van der Waals surface area contributed by atoms with Crippen LogP contribution in [0.3, 0.4) is 0 Å². The Bertz CT molecular complexity index is 930. The van der Waals surface area contributed by atoms with E-state index in [0.717, 1.165) is 6.08 Å². The molecule has 1 atom stereocenters. The standard InChI is InChI=1S/C19H16Cl3NO5/c1-10(19(26)23-15-9-13(21)12(20)8-14(15)22)28-18(25)6-4-11-3-5-16(24)17(7-11)27-2/h3-10,24H,1-2H3,(H,23,26). The van der Waals surface area contributed by atoms with Crippen molar-refractivity contribution in [3.05, 3.63) is 57.0 Å². The highest BCUT2D eigenvalue weighted by molar-refractivity contribution is 6.44. The molecule has 0 aliphatic heterocycles. The number of phenols is 1. The molecule has 0 spiro atoms. The van der Waals surface area contributed by atoms with Crippen LogP contribution < -0.4 is 10.1 Å². The van der Waals surface area contributed by atoms with Crippen LogP contribution in [0.25, 0.3) is 6.08 Å². The normalized spacial score (nSPS) is 11.9. The van der Waals surface area contributed by atoms with Crippen LogP contribution in [0.4, 0.5) is 5.69 Å². The third-order valence-corrected chi connectivity index (χ3v) is 4.58.